The van der Waals surface area contributed by atoms with Gasteiger partial charge in [-0.3, -0.25) is 4.79 Å². The summed E-state index contributed by atoms with van der Waals surface area (Å²) in [5.74, 6) is -1.21. The second-order valence-corrected chi connectivity index (χ2v) is 5.44. The van der Waals surface area contributed by atoms with Crippen LogP contribution in [0.1, 0.15) is 15.9 Å². The number of nitrogens with one attached hydrogen (secondary N) is 1. The fourth-order valence-electron chi connectivity index (χ4n) is 1.74. The molecule has 21 heavy (non-hydrogen) atoms. The van der Waals surface area contributed by atoms with E-state index in [2.05, 4.69) is 5.32 Å². The van der Waals surface area contributed by atoms with E-state index in [1.165, 1.54) is 37.4 Å². The molecule has 0 radical (unpaired) electrons. The number of carbonyl (C=O) groups is 1. The van der Waals surface area contributed by atoms with E-state index in [9.17, 15) is 13.6 Å². The topological polar surface area (TPSA) is 38.3 Å². The molecule has 3 nitrogen and oxygen atoms in total. The summed E-state index contributed by atoms with van der Waals surface area (Å²) in [5, 5.41) is 2.61. The first-order valence-electron chi connectivity index (χ1n) is 6.07. The lowest BCUT2D eigenvalue weighted by Crippen LogP contribution is -2.23. The highest BCUT2D eigenvalue weighted by Crippen LogP contribution is 2.18. The molecule has 0 unspecified atom stereocenters. The van der Waals surface area contributed by atoms with Crippen LogP contribution in [0.4, 0.5) is 8.78 Å². The van der Waals surface area contributed by atoms with Crippen molar-refractivity contribution >= 4 is 28.5 Å². The smallest absolute Gasteiger partial charge is 0.251 e. The Bertz CT molecular complexity index is 677. The minimum Gasteiger partial charge on any atom is -0.494 e. The van der Waals surface area contributed by atoms with Gasteiger partial charge in [-0.2, -0.15) is 0 Å². The zero-order chi connectivity index (χ0) is 15.4. The number of amides is 1. The molecule has 0 aromatic heterocycles. The standard InChI is InChI=1S/C15H12F2INO2/c1-21-14-5-2-9(6-12(14)17)8-19-15(20)10-3-4-13(18)11(16)7-10/h2-7H,8H2,1H3,(H,19,20). The maximum atomic E-state index is 13.5. The summed E-state index contributed by atoms with van der Waals surface area (Å²) in [6.07, 6.45) is 0. The third-order valence-electron chi connectivity index (χ3n) is 2.85. The second-order valence-electron chi connectivity index (χ2n) is 4.28. The van der Waals surface area contributed by atoms with Gasteiger partial charge in [-0.25, -0.2) is 8.78 Å². The van der Waals surface area contributed by atoms with Gasteiger partial charge in [-0.1, -0.05) is 6.07 Å². The minimum absolute atomic E-state index is 0.143. The summed E-state index contributed by atoms with van der Waals surface area (Å²) in [6.45, 7) is 0.146. The van der Waals surface area contributed by atoms with Crippen LogP contribution in [0.2, 0.25) is 0 Å². The van der Waals surface area contributed by atoms with Crippen LogP contribution in [0.3, 0.4) is 0 Å². The molecule has 0 saturated heterocycles. The average molecular weight is 403 g/mol. The van der Waals surface area contributed by atoms with Gasteiger partial charge in [-0.05, 0) is 58.5 Å². The maximum Gasteiger partial charge on any atom is 0.251 e. The minimum atomic E-state index is -0.496. The predicted molar refractivity (Wildman–Crippen MR) is 83.2 cm³/mol. The maximum absolute atomic E-state index is 13.5. The van der Waals surface area contributed by atoms with E-state index in [1.807, 2.05) is 22.6 Å². The van der Waals surface area contributed by atoms with Crippen molar-refractivity contribution in [1.82, 2.24) is 5.32 Å². The van der Waals surface area contributed by atoms with Crippen molar-refractivity contribution in [1.29, 1.82) is 0 Å². The first kappa shape index (κ1) is 15.7. The van der Waals surface area contributed by atoms with Crippen LogP contribution in [-0.4, -0.2) is 13.0 Å². The number of rotatable bonds is 4. The van der Waals surface area contributed by atoms with Crippen molar-refractivity contribution in [3.63, 3.8) is 0 Å². The molecule has 0 aliphatic carbocycles. The molecule has 1 amide bonds. The van der Waals surface area contributed by atoms with Gasteiger partial charge in [0.25, 0.3) is 5.91 Å². The van der Waals surface area contributed by atoms with Crippen LogP contribution in [0.25, 0.3) is 0 Å². The van der Waals surface area contributed by atoms with Crippen LogP contribution >= 0.6 is 22.6 Å². The van der Waals surface area contributed by atoms with E-state index in [0.29, 0.717) is 9.13 Å². The molecule has 2 aromatic rings. The van der Waals surface area contributed by atoms with Crippen LogP contribution in [0.5, 0.6) is 5.75 Å². The highest BCUT2D eigenvalue weighted by atomic mass is 127. The normalized spacial score (nSPS) is 10.3. The number of hydrogen-bond donors (Lipinski definition) is 1. The molecule has 0 fully saturated rings. The van der Waals surface area contributed by atoms with Crippen molar-refractivity contribution in [2.75, 3.05) is 7.11 Å². The molecule has 0 spiro atoms. The highest BCUT2D eigenvalue weighted by molar-refractivity contribution is 14.1. The van der Waals surface area contributed by atoms with Crippen molar-refractivity contribution in [2.45, 2.75) is 6.54 Å². The van der Waals surface area contributed by atoms with E-state index in [4.69, 9.17) is 4.74 Å². The van der Waals surface area contributed by atoms with Gasteiger partial charge in [0, 0.05) is 15.7 Å². The lowest BCUT2D eigenvalue weighted by molar-refractivity contribution is 0.0950. The van der Waals surface area contributed by atoms with Gasteiger partial charge < -0.3 is 10.1 Å². The van der Waals surface area contributed by atoms with Gasteiger partial charge in [0.1, 0.15) is 5.82 Å². The highest BCUT2D eigenvalue weighted by Gasteiger charge is 2.09. The number of benzene rings is 2. The third-order valence-corrected chi connectivity index (χ3v) is 3.73. The van der Waals surface area contributed by atoms with E-state index in [1.54, 1.807) is 6.07 Å². The number of halogens is 3. The molecular weight excluding hydrogens is 391 g/mol. The van der Waals surface area contributed by atoms with Gasteiger partial charge in [0.2, 0.25) is 0 Å². The molecule has 1 N–H and O–H groups in total. The van der Waals surface area contributed by atoms with Crippen molar-refractivity contribution < 1.29 is 18.3 Å². The SMILES string of the molecule is COc1ccc(CNC(=O)c2ccc(I)c(F)c2)cc1F. The fraction of sp³-hybridized carbons (Fsp3) is 0.133. The second kappa shape index (κ2) is 6.84. The third kappa shape index (κ3) is 3.90. The molecule has 0 heterocycles. The molecule has 0 atom stereocenters. The Hall–Kier alpha value is -1.70. The van der Waals surface area contributed by atoms with Crippen LogP contribution in [-0.2, 0) is 6.54 Å². The zero-order valence-corrected chi connectivity index (χ0v) is 13.3. The molecular formula is C15H12F2INO2. The number of hydrogen-bond acceptors (Lipinski definition) is 2. The summed E-state index contributed by atoms with van der Waals surface area (Å²) in [7, 11) is 1.38. The lowest BCUT2D eigenvalue weighted by Gasteiger charge is -2.08. The molecule has 2 aromatic carbocycles. The Morgan fingerprint density at radius 1 is 1.19 bits per heavy atom. The fourth-order valence-corrected chi connectivity index (χ4v) is 2.08. The molecule has 110 valence electrons. The van der Waals surface area contributed by atoms with Gasteiger partial charge >= 0.3 is 0 Å². The Morgan fingerprint density at radius 3 is 2.57 bits per heavy atom. The Labute approximate surface area is 134 Å². The summed E-state index contributed by atoms with van der Waals surface area (Å²) < 4.78 is 32.2. The van der Waals surface area contributed by atoms with E-state index < -0.39 is 17.5 Å². The molecule has 0 saturated carbocycles. The molecule has 2 rings (SSSR count). The monoisotopic (exact) mass is 403 g/mol. The van der Waals surface area contributed by atoms with E-state index in [-0.39, 0.29) is 17.9 Å². The number of ether oxygens (including phenoxy) is 1. The summed E-state index contributed by atoms with van der Waals surface area (Å²) in [6, 6.07) is 8.66. The summed E-state index contributed by atoms with van der Waals surface area (Å²) in [5.41, 5.74) is 0.814. The van der Waals surface area contributed by atoms with Crippen molar-refractivity contribution in [3.05, 3.63) is 62.7 Å². The van der Waals surface area contributed by atoms with Crippen molar-refractivity contribution in [3.8, 4) is 5.75 Å². The van der Waals surface area contributed by atoms with Crippen LogP contribution in [0.15, 0.2) is 36.4 Å². The lowest BCUT2D eigenvalue weighted by atomic mass is 10.2. The first-order chi connectivity index (χ1) is 10.0. The average Bonchev–Trinajstić information content (AvgIpc) is 2.47. The molecule has 6 heteroatoms. The molecule has 0 aliphatic heterocycles. The Morgan fingerprint density at radius 2 is 1.95 bits per heavy atom. The number of carbonyl (C=O) groups excluding carboxylic acids is 1. The Balaban J connectivity index is 2.03. The summed E-state index contributed by atoms with van der Waals surface area (Å²) in [4.78, 5) is 11.9. The quantitative estimate of drug-likeness (QED) is 0.794. The molecule has 0 aliphatic rings. The first-order valence-corrected chi connectivity index (χ1v) is 7.15. The van der Waals surface area contributed by atoms with Gasteiger partial charge in [-0.15, -0.1) is 0 Å². The largest absolute Gasteiger partial charge is 0.494 e. The van der Waals surface area contributed by atoms with E-state index >= 15 is 0 Å². The van der Waals surface area contributed by atoms with Crippen LogP contribution in [0, 0.1) is 15.2 Å². The number of methoxy groups -OCH3 is 1. The Kier molecular flexibility index (Phi) is 5.11. The van der Waals surface area contributed by atoms with Crippen molar-refractivity contribution in [2.24, 2.45) is 0 Å². The predicted octanol–water partition coefficient (Wildman–Crippen LogP) is 3.51. The zero-order valence-electron chi connectivity index (χ0n) is 11.1. The molecule has 0 bridgehead atoms. The van der Waals surface area contributed by atoms with Gasteiger partial charge in [0.05, 0.1) is 7.11 Å². The van der Waals surface area contributed by atoms with E-state index in [0.717, 1.165) is 0 Å². The van der Waals surface area contributed by atoms with Gasteiger partial charge in [0.15, 0.2) is 11.6 Å². The van der Waals surface area contributed by atoms with Crippen LogP contribution < -0.4 is 10.1 Å². The summed E-state index contributed by atoms with van der Waals surface area (Å²) >= 11 is 1.85.